The number of rotatable bonds is 8. The molecule has 3 aromatic rings. The average Bonchev–Trinajstić information content (AvgIpc) is 2.78. The fourth-order valence-electron chi connectivity index (χ4n) is 2.75. The van der Waals surface area contributed by atoms with Crippen molar-refractivity contribution >= 4 is 18.0 Å². The molecular weight excluding hydrogens is 378 g/mol. The smallest absolute Gasteiger partial charge is 0.259 e. The molecule has 2 N–H and O–H groups in total. The first-order valence-corrected chi connectivity index (χ1v) is 9.55. The van der Waals surface area contributed by atoms with Gasteiger partial charge in [0.2, 0.25) is 0 Å². The second-order valence-electron chi connectivity index (χ2n) is 6.60. The van der Waals surface area contributed by atoms with Crippen LogP contribution in [0.15, 0.2) is 84.0 Å². The second kappa shape index (κ2) is 10.6. The standard InChI is InChI=1S/C24H23N3O3/c1-18-9-5-7-13-21(18)24(29)25-16-23(28)27-26-15-20-12-6-8-14-22(20)30-17-19-10-3-2-4-11-19/h2-15H,16-17H2,1H3,(H,25,29)(H,27,28)/b26-15-. The number of ether oxygens (including phenoxy) is 1. The molecule has 0 unspecified atom stereocenters. The highest BCUT2D eigenvalue weighted by molar-refractivity contribution is 5.97. The molecule has 152 valence electrons. The van der Waals surface area contributed by atoms with Gasteiger partial charge < -0.3 is 10.1 Å². The topological polar surface area (TPSA) is 79.8 Å². The lowest BCUT2D eigenvalue weighted by atomic mass is 10.1. The molecule has 30 heavy (non-hydrogen) atoms. The molecule has 0 aliphatic heterocycles. The van der Waals surface area contributed by atoms with Gasteiger partial charge in [0.15, 0.2) is 0 Å². The minimum Gasteiger partial charge on any atom is -0.488 e. The summed E-state index contributed by atoms with van der Waals surface area (Å²) in [7, 11) is 0. The molecule has 6 heteroatoms. The summed E-state index contributed by atoms with van der Waals surface area (Å²) in [6.07, 6.45) is 1.52. The molecule has 0 heterocycles. The Morgan fingerprint density at radius 1 is 0.933 bits per heavy atom. The zero-order valence-corrected chi connectivity index (χ0v) is 16.7. The van der Waals surface area contributed by atoms with E-state index in [0.29, 0.717) is 17.9 Å². The van der Waals surface area contributed by atoms with Gasteiger partial charge in [-0.05, 0) is 36.2 Å². The zero-order chi connectivity index (χ0) is 21.2. The van der Waals surface area contributed by atoms with Crippen LogP contribution in [-0.2, 0) is 11.4 Å². The van der Waals surface area contributed by atoms with E-state index in [-0.39, 0.29) is 12.5 Å². The molecule has 0 fully saturated rings. The maximum absolute atomic E-state index is 12.2. The van der Waals surface area contributed by atoms with E-state index in [9.17, 15) is 9.59 Å². The van der Waals surface area contributed by atoms with Crippen LogP contribution >= 0.6 is 0 Å². The van der Waals surface area contributed by atoms with Crippen molar-refractivity contribution in [1.82, 2.24) is 10.7 Å². The number of carbonyl (C=O) groups is 2. The molecule has 0 saturated carbocycles. The molecule has 3 aromatic carbocycles. The number of hydrazone groups is 1. The Hall–Kier alpha value is -3.93. The van der Waals surface area contributed by atoms with Crippen LogP contribution in [0.5, 0.6) is 5.75 Å². The van der Waals surface area contributed by atoms with Crippen molar-refractivity contribution in [2.24, 2.45) is 5.10 Å². The molecule has 0 aromatic heterocycles. The molecule has 0 spiro atoms. The number of carbonyl (C=O) groups excluding carboxylic acids is 2. The van der Waals surface area contributed by atoms with Gasteiger partial charge in [0.25, 0.3) is 11.8 Å². The van der Waals surface area contributed by atoms with Gasteiger partial charge >= 0.3 is 0 Å². The van der Waals surface area contributed by atoms with E-state index < -0.39 is 5.91 Å². The van der Waals surface area contributed by atoms with Crippen LogP contribution in [0.4, 0.5) is 0 Å². The Bertz CT molecular complexity index is 1030. The van der Waals surface area contributed by atoms with E-state index in [1.54, 1.807) is 12.1 Å². The lowest BCUT2D eigenvalue weighted by Crippen LogP contribution is -2.35. The van der Waals surface area contributed by atoms with Crippen molar-refractivity contribution in [1.29, 1.82) is 0 Å². The molecule has 0 aliphatic rings. The lowest BCUT2D eigenvalue weighted by Gasteiger charge is -2.09. The van der Waals surface area contributed by atoms with Gasteiger partial charge in [-0.25, -0.2) is 5.43 Å². The number of nitrogens with zero attached hydrogens (tertiary/aromatic N) is 1. The summed E-state index contributed by atoms with van der Waals surface area (Å²) in [4.78, 5) is 24.1. The first kappa shape index (κ1) is 20.8. The largest absolute Gasteiger partial charge is 0.488 e. The van der Waals surface area contributed by atoms with Crippen molar-refractivity contribution < 1.29 is 14.3 Å². The maximum Gasteiger partial charge on any atom is 0.259 e. The third-order valence-electron chi connectivity index (χ3n) is 4.35. The molecule has 0 atom stereocenters. The molecule has 0 saturated heterocycles. The highest BCUT2D eigenvalue weighted by Crippen LogP contribution is 2.17. The monoisotopic (exact) mass is 401 g/mol. The fourth-order valence-corrected chi connectivity index (χ4v) is 2.75. The number of nitrogens with one attached hydrogen (secondary N) is 2. The normalized spacial score (nSPS) is 10.6. The molecule has 0 aliphatic carbocycles. The Kier molecular flexibility index (Phi) is 7.33. The second-order valence-corrected chi connectivity index (χ2v) is 6.60. The molecular formula is C24H23N3O3. The highest BCUT2D eigenvalue weighted by Gasteiger charge is 2.09. The Labute approximate surface area is 175 Å². The van der Waals surface area contributed by atoms with Crippen LogP contribution in [-0.4, -0.2) is 24.6 Å². The lowest BCUT2D eigenvalue weighted by molar-refractivity contribution is -0.120. The number of para-hydroxylation sites is 1. The van der Waals surface area contributed by atoms with Gasteiger partial charge in [-0.3, -0.25) is 9.59 Å². The molecule has 3 rings (SSSR count). The predicted octanol–water partition coefficient (Wildman–Crippen LogP) is 3.45. The van der Waals surface area contributed by atoms with E-state index in [2.05, 4.69) is 15.8 Å². The van der Waals surface area contributed by atoms with Crippen LogP contribution < -0.4 is 15.5 Å². The van der Waals surface area contributed by atoms with Gasteiger partial charge in [0.05, 0.1) is 12.8 Å². The van der Waals surface area contributed by atoms with E-state index in [1.165, 1.54) is 6.21 Å². The van der Waals surface area contributed by atoms with E-state index >= 15 is 0 Å². The van der Waals surface area contributed by atoms with Crippen molar-refractivity contribution in [2.45, 2.75) is 13.5 Å². The Morgan fingerprint density at radius 3 is 2.43 bits per heavy atom. The van der Waals surface area contributed by atoms with E-state index in [1.807, 2.05) is 73.7 Å². The summed E-state index contributed by atoms with van der Waals surface area (Å²) in [6, 6.07) is 24.5. The quantitative estimate of drug-likeness (QED) is 0.448. The van der Waals surface area contributed by atoms with Crippen LogP contribution in [0.3, 0.4) is 0 Å². The van der Waals surface area contributed by atoms with Crippen LogP contribution in [0.25, 0.3) is 0 Å². The molecule has 2 amide bonds. The maximum atomic E-state index is 12.2. The van der Waals surface area contributed by atoms with Gasteiger partial charge in [-0.1, -0.05) is 60.7 Å². The van der Waals surface area contributed by atoms with Crippen molar-refractivity contribution in [3.8, 4) is 5.75 Å². The molecule has 6 nitrogen and oxygen atoms in total. The van der Waals surface area contributed by atoms with Gasteiger partial charge in [-0.2, -0.15) is 5.10 Å². The third-order valence-corrected chi connectivity index (χ3v) is 4.35. The minimum atomic E-state index is -0.420. The summed E-state index contributed by atoms with van der Waals surface area (Å²) in [5, 5.41) is 6.56. The zero-order valence-electron chi connectivity index (χ0n) is 16.7. The summed E-state index contributed by atoms with van der Waals surface area (Å²) in [5.41, 5.74) is 5.59. The summed E-state index contributed by atoms with van der Waals surface area (Å²) >= 11 is 0. The van der Waals surface area contributed by atoms with Crippen LogP contribution in [0, 0.1) is 6.92 Å². The summed E-state index contributed by atoms with van der Waals surface area (Å²) in [6.45, 7) is 2.11. The highest BCUT2D eigenvalue weighted by atomic mass is 16.5. The molecule has 0 bridgehead atoms. The Morgan fingerprint density at radius 2 is 1.63 bits per heavy atom. The average molecular weight is 401 g/mol. The first-order chi connectivity index (χ1) is 14.6. The van der Waals surface area contributed by atoms with Crippen molar-refractivity contribution in [3.05, 3.63) is 101 Å². The number of amides is 2. The molecule has 0 radical (unpaired) electrons. The van der Waals surface area contributed by atoms with Crippen LogP contribution in [0.1, 0.15) is 27.0 Å². The number of hydrogen-bond donors (Lipinski definition) is 2. The van der Waals surface area contributed by atoms with Gasteiger partial charge in [-0.15, -0.1) is 0 Å². The minimum absolute atomic E-state index is 0.170. The van der Waals surface area contributed by atoms with Crippen LogP contribution in [0.2, 0.25) is 0 Å². The summed E-state index contributed by atoms with van der Waals surface area (Å²) < 4.78 is 5.86. The van der Waals surface area contributed by atoms with E-state index in [0.717, 1.165) is 16.7 Å². The number of benzene rings is 3. The van der Waals surface area contributed by atoms with E-state index in [4.69, 9.17) is 4.74 Å². The summed E-state index contributed by atoms with van der Waals surface area (Å²) in [5.74, 6) is -0.0602. The SMILES string of the molecule is Cc1ccccc1C(=O)NCC(=O)N/N=C\c1ccccc1OCc1ccccc1. The third kappa shape index (κ3) is 6.04. The fraction of sp³-hybridized carbons (Fsp3) is 0.125. The number of hydrogen-bond acceptors (Lipinski definition) is 4. The Balaban J connectivity index is 1.50. The van der Waals surface area contributed by atoms with Crippen molar-refractivity contribution in [3.63, 3.8) is 0 Å². The van der Waals surface area contributed by atoms with Gasteiger partial charge in [0, 0.05) is 11.1 Å². The predicted molar refractivity (Wildman–Crippen MR) is 116 cm³/mol. The van der Waals surface area contributed by atoms with Crippen molar-refractivity contribution in [2.75, 3.05) is 6.54 Å². The van der Waals surface area contributed by atoms with Gasteiger partial charge in [0.1, 0.15) is 12.4 Å². The first-order valence-electron chi connectivity index (χ1n) is 9.55. The number of aryl methyl sites for hydroxylation is 1.